The molecule has 0 heterocycles. The second-order valence-corrected chi connectivity index (χ2v) is 4.28. The number of nitrogens with zero attached hydrogens (tertiary/aromatic N) is 1. The summed E-state index contributed by atoms with van der Waals surface area (Å²) >= 11 is 3.13. The van der Waals surface area contributed by atoms with Gasteiger partial charge < -0.3 is 0 Å². The number of benzene rings is 1. The number of rotatable bonds is 2. The molecule has 15 heavy (non-hydrogen) atoms. The molecule has 1 rings (SSSR count). The van der Waals surface area contributed by atoms with E-state index in [2.05, 4.69) is 15.9 Å². The van der Waals surface area contributed by atoms with Gasteiger partial charge in [0.15, 0.2) is 0 Å². The van der Waals surface area contributed by atoms with E-state index < -0.39 is 12.2 Å². The molecule has 0 aliphatic rings. The first-order chi connectivity index (χ1) is 6.84. The second-order valence-electron chi connectivity index (χ2n) is 3.43. The molecule has 0 saturated carbocycles. The van der Waals surface area contributed by atoms with Crippen LogP contribution in [0.1, 0.15) is 11.6 Å². The molecule has 84 valence electrons. The van der Waals surface area contributed by atoms with Gasteiger partial charge in [-0.1, -0.05) is 34.1 Å². The van der Waals surface area contributed by atoms with Gasteiger partial charge in [-0.2, -0.15) is 13.2 Å². The summed E-state index contributed by atoms with van der Waals surface area (Å²) in [5, 5.41) is 0. The smallest absolute Gasteiger partial charge is 0.295 e. The van der Waals surface area contributed by atoms with Crippen LogP contribution in [0, 0.1) is 0 Å². The van der Waals surface area contributed by atoms with Crippen LogP contribution in [-0.4, -0.2) is 25.2 Å². The molecular formula is C10H11BrF3N. The van der Waals surface area contributed by atoms with E-state index in [0.717, 1.165) is 4.90 Å². The third kappa shape index (κ3) is 2.95. The lowest BCUT2D eigenvalue weighted by atomic mass is 10.1. The third-order valence-corrected chi connectivity index (χ3v) is 2.75. The van der Waals surface area contributed by atoms with Crippen molar-refractivity contribution in [1.29, 1.82) is 0 Å². The average Bonchev–Trinajstić information content (AvgIpc) is 2.05. The molecule has 0 amide bonds. The van der Waals surface area contributed by atoms with Gasteiger partial charge in [-0.25, -0.2) is 0 Å². The molecule has 1 aromatic carbocycles. The first-order valence-electron chi connectivity index (χ1n) is 4.31. The molecule has 0 radical (unpaired) electrons. The van der Waals surface area contributed by atoms with Gasteiger partial charge >= 0.3 is 6.18 Å². The van der Waals surface area contributed by atoms with Crippen molar-refractivity contribution in [2.75, 3.05) is 14.1 Å². The van der Waals surface area contributed by atoms with Gasteiger partial charge in [-0.05, 0) is 25.7 Å². The molecule has 0 aromatic heterocycles. The second kappa shape index (κ2) is 4.53. The van der Waals surface area contributed by atoms with Crippen LogP contribution in [-0.2, 0) is 0 Å². The normalized spacial score (nSPS) is 14.3. The minimum absolute atomic E-state index is 0.231. The Morgan fingerprint density at radius 1 is 1.20 bits per heavy atom. The lowest BCUT2D eigenvalue weighted by molar-refractivity contribution is -0.179. The minimum Gasteiger partial charge on any atom is -0.295 e. The quantitative estimate of drug-likeness (QED) is 0.801. The Morgan fingerprint density at radius 3 is 2.13 bits per heavy atom. The van der Waals surface area contributed by atoms with Crippen LogP contribution >= 0.6 is 15.9 Å². The number of hydrogen-bond acceptors (Lipinski definition) is 1. The van der Waals surface area contributed by atoms with E-state index in [0.29, 0.717) is 4.47 Å². The molecular weight excluding hydrogens is 271 g/mol. The van der Waals surface area contributed by atoms with E-state index in [4.69, 9.17) is 0 Å². The lowest BCUT2D eigenvalue weighted by Gasteiger charge is -2.27. The van der Waals surface area contributed by atoms with E-state index in [1.807, 2.05) is 0 Å². The van der Waals surface area contributed by atoms with Crippen molar-refractivity contribution in [2.45, 2.75) is 12.2 Å². The fourth-order valence-electron chi connectivity index (χ4n) is 1.44. The van der Waals surface area contributed by atoms with Gasteiger partial charge in [0.25, 0.3) is 0 Å². The van der Waals surface area contributed by atoms with E-state index in [-0.39, 0.29) is 5.56 Å². The maximum atomic E-state index is 12.8. The Labute approximate surface area is 95.0 Å². The average molecular weight is 282 g/mol. The maximum Gasteiger partial charge on any atom is 0.408 e. The van der Waals surface area contributed by atoms with Gasteiger partial charge in [0, 0.05) is 4.47 Å². The molecule has 0 saturated heterocycles. The molecule has 1 unspecified atom stereocenters. The van der Waals surface area contributed by atoms with Crippen molar-refractivity contribution in [2.24, 2.45) is 0 Å². The number of alkyl halides is 3. The Morgan fingerprint density at radius 2 is 1.73 bits per heavy atom. The van der Waals surface area contributed by atoms with Crippen LogP contribution in [0.4, 0.5) is 13.2 Å². The molecule has 1 aromatic rings. The zero-order valence-corrected chi connectivity index (χ0v) is 9.93. The predicted octanol–water partition coefficient (Wildman–Crippen LogP) is 3.61. The van der Waals surface area contributed by atoms with Gasteiger partial charge in [0.2, 0.25) is 0 Å². The largest absolute Gasteiger partial charge is 0.408 e. The predicted molar refractivity (Wildman–Crippen MR) is 56.6 cm³/mol. The van der Waals surface area contributed by atoms with Crippen molar-refractivity contribution < 1.29 is 13.2 Å². The van der Waals surface area contributed by atoms with Crippen LogP contribution in [0.2, 0.25) is 0 Å². The highest BCUT2D eigenvalue weighted by Gasteiger charge is 2.43. The highest BCUT2D eigenvalue weighted by atomic mass is 79.9. The molecule has 1 nitrogen and oxygen atoms in total. The molecule has 0 N–H and O–H groups in total. The molecule has 0 bridgehead atoms. The summed E-state index contributed by atoms with van der Waals surface area (Å²) < 4.78 is 38.8. The fourth-order valence-corrected chi connectivity index (χ4v) is 1.95. The Kier molecular flexibility index (Phi) is 3.78. The fraction of sp³-hybridized carbons (Fsp3) is 0.400. The molecule has 0 fully saturated rings. The summed E-state index contributed by atoms with van der Waals surface area (Å²) in [6, 6.07) is 4.80. The lowest BCUT2D eigenvalue weighted by Crippen LogP contribution is -2.33. The van der Waals surface area contributed by atoms with Crippen LogP contribution in [0.5, 0.6) is 0 Å². The molecule has 1 atom stereocenters. The first kappa shape index (κ1) is 12.5. The first-order valence-corrected chi connectivity index (χ1v) is 5.11. The molecule has 5 heteroatoms. The summed E-state index contributed by atoms with van der Waals surface area (Å²) in [5.41, 5.74) is 0.231. The highest BCUT2D eigenvalue weighted by Crippen LogP contribution is 2.38. The summed E-state index contributed by atoms with van der Waals surface area (Å²) in [6.07, 6.45) is -4.27. The van der Waals surface area contributed by atoms with E-state index in [1.165, 1.54) is 20.2 Å². The summed E-state index contributed by atoms with van der Waals surface area (Å²) in [4.78, 5) is 1.15. The van der Waals surface area contributed by atoms with Gasteiger partial charge in [0.05, 0.1) is 0 Å². The summed E-state index contributed by atoms with van der Waals surface area (Å²) in [7, 11) is 2.83. The van der Waals surface area contributed by atoms with Gasteiger partial charge in [-0.3, -0.25) is 4.90 Å². The number of halogens is 4. The summed E-state index contributed by atoms with van der Waals surface area (Å²) in [5.74, 6) is 0. The molecule has 0 aliphatic carbocycles. The Balaban J connectivity index is 3.17. The maximum absolute atomic E-state index is 12.8. The van der Waals surface area contributed by atoms with Crippen LogP contribution in [0.25, 0.3) is 0 Å². The SMILES string of the molecule is CN(C)C(c1ccccc1Br)C(F)(F)F. The van der Waals surface area contributed by atoms with E-state index >= 15 is 0 Å². The number of hydrogen-bond donors (Lipinski definition) is 0. The monoisotopic (exact) mass is 281 g/mol. The van der Waals surface area contributed by atoms with E-state index in [1.54, 1.807) is 18.2 Å². The van der Waals surface area contributed by atoms with Gasteiger partial charge in [0.1, 0.15) is 6.04 Å². The third-order valence-electron chi connectivity index (χ3n) is 2.03. The van der Waals surface area contributed by atoms with Crippen LogP contribution in [0.15, 0.2) is 28.7 Å². The zero-order valence-electron chi connectivity index (χ0n) is 8.35. The van der Waals surface area contributed by atoms with Crippen molar-refractivity contribution in [3.8, 4) is 0 Å². The van der Waals surface area contributed by atoms with Crippen LogP contribution < -0.4 is 0 Å². The zero-order chi connectivity index (χ0) is 11.6. The summed E-state index contributed by atoms with van der Waals surface area (Å²) in [6.45, 7) is 0. The minimum atomic E-state index is -4.27. The Bertz CT molecular complexity index is 336. The highest BCUT2D eigenvalue weighted by molar-refractivity contribution is 9.10. The van der Waals surface area contributed by atoms with Gasteiger partial charge in [-0.15, -0.1) is 0 Å². The standard InChI is InChI=1S/C10H11BrF3N/c1-15(2)9(10(12,13)14)7-5-3-4-6-8(7)11/h3-6,9H,1-2H3. The van der Waals surface area contributed by atoms with E-state index in [9.17, 15) is 13.2 Å². The van der Waals surface area contributed by atoms with Crippen LogP contribution in [0.3, 0.4) is 0 Å². The van der Waals surface area contributed by atoms with Crippen molar-refractivity contribution >= 4 is 15.9 Å². The van der Waals surface area contributed by atoms with Crippen molar-refractivity contribution in [1.82, 2.24) is 4.90 Å². The Hall–Kier alpha value is -0.550. The molecule has 0 aliphatic heterocycles. The van der Waals surface area contributed by atoms with Crippen molar-refractivity contribution in [3.63, 3.8) is 0 Å². The van der Waals surface area contributed by atoms with Crippen molar-refractivity contribution in [3.05, 3.63) is 34.3 Å². The molecule has 0 spiro atoms. The topological polar surface area (TPSA) is 3.24 Å².